The molecule has 1 heterocycles. The molecule has 2 N–H and O–H groups in total. The van der Waals surface area contributed by atoms with E-state index < -0.39 is 0 Å². The van der Waals surface area contributed by atoms with Gasteiger partial charge in [-0.3, -0.25) is 0 Å². The van der Waals surface area contributed by atoms with Crippen molar-refractivity contribution in [3.63, 3.8) is 0 Å². The fraction of sp³-hybridized carbons (Fsp3) is 0.484. The van der Waals surface area contributed by atoms with Crippen molar-refractivity contribution in [1.82, 2.24) is 0 Å². The van der Waals surface area contributed by atoms with Gasteiger partial charge in [0.1, 0.15) is 5.75 Å². The van der Waals surface area contributed by atoms with E-state index in [-0.39, 0.29) is 6.03 Å². The Hall–Kier alpha value is -2.86. The van der Waals surface area contributed by atoms with E-state index in [0.717, 1.165) is 35.7 Å². The number of anilines is 2. The summed E-state index contributed by atoms with van der Waals surface area (Å²) in [5.41, 5.74) is 4.69. The Kier molecular flexibility index (Phi) is 13.6. The lowest BCUT2D eigenvalue weighted by molar-refractivity contribution is -0.683. The molecule has 0 aliphatic carbocycles. The second kappa shape index (κ2) is 17.6. The van der Waals surface area contributed by atoms with Crippen LogP contribution >= 0.6 is 11.3 Å². The Balaban J connectivity index is 1.28. The smallest absolute Gasteiger partial charge is 0.323 e. The molecule has 5 nitrogen and oxygen atoms in total. The number of amides is 2. The van der Waals surface area contributed by atoms with Crippen LogP contribution < -0.4 is 19.9 Å². The lowest BCUT2D eigenvalue weighted by atomic mass is 10.1. The monoisotopic (exact) mass is 522 g/mol. The van der Waals surface area contributed by atoms with Crippen LogP contribution in [-0.2, 0) is 6.54 Å². The van der Waals surface area contributed by atoms with Crippen molar-refractivity contribution in [2.45, 2.75) is 90.5 Å². The number of benzene rings is 2. The molecule has 3 rings (SSSR count). The van der Waals surface area contributed by atoms with E-state index in [9.17, 15) is 4.79 Å². The number of nitrogens with one attached hydrogen (secondary N) is 2. The molecular formula is C31H44N3O2S+. The fourth-order valence-electron chi connectivity index (χ4n) is 4.40. The van der Waals surface area contributed by atoms with Crippen molar-refractivity contribution in [2.75, 3.05) is 17.2 Å². The molecule has 0 atom stereocenters. The van der Waals surface area contributed by atoms with Crippen LogP contribution in [0, 0.1) is 0 Å². The van der Waals surface area contributed by atoms with Crippen LogP contribution in [0.1, 0.15) is 89.5 Å². The van der Waals surface area contributed by atoms with E-state index in [1.54, 1.807) is 11.3 Å². The largest absolute Gasteiger partial charge is 0.494 e. The Morgan fingerprint density at radius 2 is 1.43 bits per heavy atom. The van der Waals surface area contributed by atoms with Gasteiger partial charge in [0.2, 0.25) is 5.51 Å². The minimum absolute atomic E-state index is 0.265. The summed E-state index contributed by atoms with van der Waals surface area (Å²) in [7, 11) is 0. The number of urea groups is 1. The highest BCUT2D eigenvalue weighted by atomic mass is 32.1. The maximum Gasteiger partial charge on any atom is 0.323 e. The maximum atomic E-state index is 12.5. The van der Waals surface area contributed by atoms with E-state index in [1.165, 1.54) is 70.6 Å². The molecule has 37 heavy (non-hydrogen) atoms. The normalized spacial score (nSPS) is 10.8. The zero-order valence-corrected chi connectivity index (χ0v) is 23.2. The number of hydrogen-bond acceptors (Lipinski definition) is 3. The molecule has 0 spiro atoms. The van der Waals surface area contributed by atoms with E-state index in [1.807, 2.05) is 54.0 Å². The summed E-state index contributed by atoms with van der Waals surface area (Å²) < 4.78 is 8.05. The van der Waals surface area contributed by atoms with Crippen LogP contribution in [-0.4, -0.2) is 12.6 Å². The minimum Gasteiger partial charge on any atom is -0.494 e. The Morgan fingerprint density at radius 1 is 0.811 bits per heavy atom. The number of carbonyl (C=O) groups excluding carboxylic acids is 1. The zero-order valence-electron chi connectivity index (χ0n) is 22.4. The number of hydrogen-bond donors (Lipinski definition) is 2. The molecule has 1 aromatic heterocycles. The summed E-state index contributed by atoms with van der Waals surface area (Å²) in [4.78, 5) is 12.5. The van der Waals surface area contributed by atoms with Crippen molar-refractivity contribution in [3.05, 3.63) is 71.2 Å². The topological polar surface area (TPSA) is 54.2 Å². The van der Waals surface area contributed by atoms with Crippen molar-refractivity contribution in [3.8, 4) is 5.75 Å². The Labute approximate surface area is 227 Å². The number of rotatable bonds is 18. The van der Waals surface area contributed by atoms with Crippen LogP contribution in [0.4, 0.5) is 16.2 Å². The average molecular weight is 523 g/mol. The third kappa shape index (κ3) is 12.3. The summed E-state index contributed by atoms with van der Waals surface area (Å²) >= 11 is 1.66. The standard InChI is InChI=1S/C31H43N3O2S/c1-2-3-4-5-6-7-8-9-10-11-12-13-21-36-30-19-15-18-29(24-30)33-31(35)32-28-17-14-16-27(23-28)25-34-20-22-37-26-34/h14-20,22-24,26H,2-13,21,25H2,1H3,(H-,32,33,35)/p+1. The quantitative estimate of drug-likeness (QED) is 0.129. The Morgan fingerprint density at radius 3 is 2.08 bits per heavy atom. The number of aromatic nitrogens is 1. The number of carbonyl (C=O) groups is 1. The lowest BCUT2D eigenvalue weighted by Crippen LogP contribution is -2.30. The highest BCUT2D eigenvalue weighted by molar-refractivity contribution is 7.07. The van der Waals surface area contributed by atoms with Gasteiger partial charge in [0, 0.05) is 23.0 Å². The third-order valence-corrected chi connectivity index (χ3v) is 7.11. The van der Waals surface area contributed by atoms with Gasteiger partial charge in [-0.15, -0.1) is 0 Å². The molecule has 6 heteroatoms. The third-order valence-electron chi connectivity index (χ3n) is 6.44. The number of unbranched alkanes of at least 4 members (excludes halogenated alkanes) is 11. The van der Waals surface area contributed by atoms with Gasteiger partial charge >= 0.3 is 6.03 Å². The molecule has 200 valence electrons. The van der Waals surface area contributed by atoms with E-state index in [0.29, 0.717) is 6.61 Å². The fourth-order valence-corrected chi connectivity index (χ4v) is 5.00. The van der Waals surface area contributed by atoms with Gasteiger partial charge in [-0.05, 0) is 30.7 Å². The summed E-state index contributed by atoms with van der Waals surface area (Å²) in [6.45, 7) is 3.76. The van der Waals surface area contributed by atoms with Gasteiger partial charge < -0.3 is 15.4 Å². The Bertz CT molecular complexity index is 1020. The van der Waals surface area contributed by atoms with Gasteiger partial charge in [-0.1, -0.05) is 107 Å². The first-order valence-electron chi connectivity index (χ1n) is 14.0. The first kappa shape index (κ1) is 28.7. The number of nitrogens with zero attached hydrogens (tertiary/aromatic N) is 1. The molecule has 0 saturated carbocycles. The second-order valence-corrected chi connectivity index (χ2v) is 10.5. The molecule has 3 aromatic rings. The van der Waals surface area contributed by atoms with Crippen LogP contribution in [0.3, 0.4) is 0 Å². The van der Waals surface area contributed by atoms with E-state index in [2.05, 4.69) is 33.7 Å². The van der Waals surface area contributed by atoms with E-state index in [4.69, 9.17) is 4.74 Å². The van der Waals surface area contributed by atoms with Crippen LogP contribution in [0.2, 0.25) is 0 Å². The predicted octanol–water partition coefficient (Wildman–Crippen LogP) is 8.81. The molecule has 2 aromatic carbocycles. The highest BCUT2D eigenvalue weighted by Gasteiger charge is 2.07. The summed E-state index contributed by atoms with van der Waals surface area (Å²) in [6.07, 6.45) is 18.0. The average Bonchev–Trinajstić information content (AvgIpc) is 3.40. The summed E-state index contributed by atoms with van der Waals surface area (Å²) in [5.74, 6) is 0.788. The lowest BCUT2D eigenvalue weighted by Gasteiger charge is -2.11. The van der Waals surface area contributed by atoms with Crippen molar-refractivity contribution < 1.29 is 14.1 Å². The predicted molar refractivity (Wildman–Crippen MR) is 156 cm³/mol. The molecule has 0 unspecified atom stereocenters. The molecule has 0 fully saturated rings. The molecular weight excluding hydrogens is 478 g/mol. The molecule has 0 radical (unpaired) electrons. The molecule has 0 aliphatic rings. The first-order chi connectivity index (χ1) is 18.2. The van der Waals surface area contributed by atoms with Gasteiger partial charge in [0.15, 0.2) is 12.7 Å². The van der Waals surface area contributed by atoms with Crippen LogP contribution in [0.15, 0.2) is 65.6 Å². The first-order valence-corrected chi connectivity index (χ1v) is 15.0. The van der Waals surface area contributed by atoms with Crippen molar-refractivity contribution >= 4 is 28.7 Å². The highest BCUT2D eigenvalue weighted by Crippen LogP contribution is 2.19. The molecule has 0 saturated heterocycles. The van der Waals surface area contributed by atoms with Crippen molar-refractivity contribution in [2.24, 2.45) is 0 Å². The molecule has 0 bridgehead atoms. The van der Waals surface area contributed by atoms with Crippen molar-refractivity contribution in [1.29, 1.82) is 0 Å². The van der Waals surface area contributed by atoms with Gasteiger partial charge in [-0.2, -0.15) is 4.57 Å². The number of thiazole rings is 1. The summed E-state index contributed by atoms with van der Waals surface area (Å²) in [6, 6.07) is 15.3. The van der Waals surface area contributed by atoms with Gasteiger partial charge in [-0.25, -0.2) is 4.79 Å². The van der Waals surface area contributed by atoms with Gasteiger partial charge in [0.05, 0.1) is 12.0 Å². The van der Waals surface area contributed by atoms with Crippen LogP contribution in [0.5, 0.6) is 5.75 Å². The molecule has 0 aliphatic heterocycles. The summed E-state index contributed by atoms with van der Waals surface area (Å²) in [5, 5.41) is 7.89. The number of ether oxygens (including phenoxy) is 1. The van der Waals surface area contributed by atoms with Crippen LogP contribution in [0.25, 0.3) is 0 Å². The SMILES string of the molecule is CCCCCCCCCCCCCCOc1cccc(NC(=O)Nc2cccc(C[n+]3ccsc3)c2)c1. The minimum atomic E-state index is -0.265. The van der Waals surface area contributed by atoms with E-state index >= 15 is 0 Å². The zero-order chi connectivity index (χ0) is 26.0. The maximum absolute atomic E-state index is 12.5. The second-order valence-electron chi connectivity index (χ2n) is 9.74. The molecule has 2 amide bonds. The van der Waals surface area contributed by atoms with Gasteiger partial charge in [0.25, 0.3) is 0 Å².